The molecular weight excluding hydrogens is 234 g/mol. The van der Waals surface area contributed by atoms with Crippen molar-refractivity contribution in [3.05, 3.63) is 29.3 Å². The fourth-order valence-corrected chi connectivity index (χ4v) is 1.80. The largest absolute Gasteiger partial charge is 0.508 e. The van der Waals surface area contributed by atoms with Crippen LogP contribution in [-0.2, 0) is 4.79 Å². The van der Waals surface area contributed by atoms with Gasteiger partial charge in [0.1, 0.15) is 11.8 Å². The average molecular weight is 251 g/mol. The van der Waals surface area contributed by atoms with Gasteiger partial charge in [-0.2, -0.15) is 0 Å². The van der Waals surface area contributed by atoms with E-state index >= 15 is 0 Å². The molecular formula is C13H17NO4. The van der Waals surface area contributed by atoms with Crippen molar-refractivity contribution in [3.63, 3.8) is 0 Å². The van der Waals surface area contributed by atoms with Crippen LogP contribution in [0.4, 0.5) is 0 Å². The summed E-state index contributed by atoms with van der Waals surface area (Å²) >= 11 is 0. The molecule has 1 aromatic carbocycles. The Morgan fingerprint density at radius 3 is 2.50 bits per heavy atom. The van der Waals surface area contributed by atoms with Gasteiger partial charge >= 0.3 is 5.97 Å². The van der Waals surface area contributed by atoms with E-state index < -0.39 is 17.9 Å². The Labute approximate surface area is 106 Å². The van der Waals surface area contributed by atoms with Gasteiger partial charge in [-0.05, 0) is 25.5 Å². The van der Waals surface area contributed by atoms with E-state index in [1.165, 1.54) is 18.0 Å². The minimum Gasteiger partial charge on any atom is -0.508 e. The van der Waals surface area contributed by atoms with Gasteiger partial charge in [-0.3, -0.25) is 4.79 Å². The number of rotatable bonds is 4. The van der Waals surface area contributed by atoms with E-state index in [9.17, 15) is 14.7 Å². The number of carbonyl (C=O) groups excluding carboxylic acids is 1. The molecule has 98 valence electrons. The highest BCUT2D eigenvalue weighted by atomic mass is 16.4. The fourth-order valence-electron chi connectivity index (χ4n) is 1.80. The van der Waals surface area contributed by atoms with Crippen molar-refractivity contribution < 1.29 is 19.8 Å². The first kappa shape index (κ1) is 14.0. The molecule has 1 rings (SSSR count). The third-order valence-electron chi connectivity index (χ3n) is 3.00. The standard InChI is InChI=1S/C13H17NO4/c1-4-10(13(17)18)14(3)12(16)9-6-5-7-11(15)8(9)2/h5-7,10,15H,4H2,1-3H3,(H,17,18). The van der Waals surface area contributed by atoms with Gasteiger partial charge < -0.3 is 15.1 Å². The van der Waals surface area contributed by atoms with Crippen molar-refractivity contribution in [3.8, 4) is 5.75 Å². The van der Waals surface area contributed by atoms with Crippen molar-refractivity contribution in [1.82, 2.24) is 4.90 Å². The van der Waals surface area contributed by atoms with E-state index in [1.807, 2.05) is 0 Å². The zero-order valence-electron chi connectivity index (χ0n) is 10.7. The van der Waals surface area contributed by atoms with Crippen molar-refractivity contribution in [1.29, 1.82) is 0 Å². The number of aromatic hydroxyl groups is 1. The van der Waals surface area contributed by atoms with Gasteiger partial charge in [0.25, 0.3) is 5.91 Å². The highest BCUT2D eigenvalue weighted by Gasteiger charge is 2.26. The SMILES string of the molecule is CCC(C(=O)O)N(C)C(=O)c1cccc(O)c1C. The van der Waals surface area contributed by atoms with E-state index in [4.69, 9.17) is 5.11 Å². The number of amides is 1. The lowest BCUT2D eigenvalue weighted by atomic mass is 10.1. The van der Waals surface area contributed by atoms with Crippen LogP contribution in [0.15, 0.2) is 18.2 Å². The van der Waals surface area contributed by atoms with Crippen molar-refractivity contribution in [2.75, 3.05) is 7.05 Å². The van der Waals surface area contributed by atoms with Crippen molar-refractivity contribution >= 4 is 11.9 Å². The molecule has 0 saturated carbocycles. The molecule has 0 aliphatic carbocycles. The lowest BCUT2D eigenvalue weighted by Gasteiger charge is -2.24. The maximum atomic E-state index is 12.2. The number of hydrogen-bond acceptors (Lipinski definition) is 3. The predicted octanol–water partition coefficient (Wildman–Crippen LogP) is 1.64. The highest BCUT2D eigenvalue weighted by molar-refractivity contribution is 5.98. The van der Waals surface area contributed by atoms with Gasteiger partial charge in [0, 0.05) is 18.2 Å². The normalized spacial score (nSPS) is 11.9. The summed E-state index contributed by atoms with van der Waals surface area (Å²) in [6.07, 6.45) is 0.329. The second-order valence-corrected chi connectivity index (χ2v) is 4.13. The van der Waals surface area contributed by atoms with Gasteiger partial charge in [0.15, 0.2) is 0 Å². The van der Waals surface area contributed by atoms with Crippen LogP contribution in [0, 0.1) is 6.92 Å². The predicted molar refractivity (Wildman–Crippen MR) is 66.7 cm³/mol. The number of phenols is 1. The van der Waals surface area contributed by atoms with E-state index in [0.717, 1.165) is 0 Å². The van der Waals surface area contributed by atoms with Gasteiger partial charge in [-0.25, -0.2) is 4.79 Å². The summed E-state index contributed by atoms with van der Waals surface area (Å²) < 4.78 is 0. The monoisotopic (exact) mass is 251 g/mol. The molecule has 1 atom stereocenters. The highest BCUT2D eigenvalue weighted by Crippen LogP contribution is 2.21. The molecule has 1 amide bonds. The number of phenolic OH excluding ortho intramolecular Hbond substituents is 1. The molecule has 0 aliphatic rings. The van der Waals surface area contributed by atoms with E-state index in [2.05, 4.69) is 0 Å². The number of benzene rings is 1. The Balaban J connectivity index is 3.07. The van der Waals surface area contributed by atoms with E-state index in [0.29, 0.717) is 17.5 Å². The van der Waals surface area contributed by atoms with Gasteiger partial charge in [0.05, 0.1) is 0 Å². The number of carbonyl (C=O) groups is 2. The Hall–Kier alpha value is -2.04. The molecule has 0 radical (unpaired) electrons. The number of carboxylic acid groups (broad SMARTS) is 1. The topological polar surface area (TPSA) is 77.8 Å². The average Bonchev–Trinajstić information content (AvgIpc) is 2.32. The quantitative estimate of drug-likeness (QED) is 0.852. The molecule has 0 saturated heterocycles. The molecule has 1 aromatic rings. The molecule has 0 aliphatic heterocycles. The van der Waals surface area contributed by atoms with Gasteiger partial charge in [-0.15, -0.1) is 0 Å². The minimum absolute atomic E-state index is 0.0256. The summed E-state index contributed by atoms with van der Waals surface area (Å²) in [4.78, 5) is 24.4. The molecule has 0 heterocycles. The molecule has 0 aromatic heterocycles. The number of aliphatic carboxylic acids is 1. The Kier molecular flexibility index (Phi) is 4.31. The lowest BCUT2D eigenvalue weighted by molar-refractivity contribution is -0.142. The number of nitrogens with zero attached hydrogens (tertiary/aromatic N) is 1. The van der Waals surface area contributed by atoms with Crippen LogP contribution in [0.3, 0.4) is 0 Å². The summed E-state index contributed by atoms with van der Waals surface area (Å²) in [5.41, 5.74) is 0.770. The molecule has 5 nitrogen and oxygen atoms in total. The van der Waals surface area contributed by atoms with E-state index in [1.54, 1.807) is 26.0 Å². The second-order valence-electron chi connectivity index (χ2n) is 4.13. The zero-order valence-corrected chi connectivity index (χ0v) is 10.7. The van der Waals surface area contributed by atoms with E-state index in [-0.39, 0.29) is 5.75 Å². The minimum atomic E-state index is -1.04. The van der Waals surface area contributed by atoms with Crippen molar-refractivity contribution in [2.45, 2.75) is 26.3 Å². The molecule has 0 bridgehead atoms. The summed E-state index contributed by atoms with van der Waals surface area (Å²) in [6, 6.07) is 3.76. The van der Waals surface area contributed by atoms with Crippen LogP contribution in [0.1, 0.15) is 29.3 Å². The van der Waals surface area contributed by atoms with Gasteiger partial charge in [0.2, 0.25) is 0 Å². The molecule has 5 heteroatoms. The summed E-state index contributed by atoms with van der Waals surface area (Å²) in [5, 5.41) is 18.6. The number of carboxylic acids is 1. The second kappa shape index (κ2) is 5.53. The molecule has 2 N–H and O–H groups in total. The zero-order chi connectivity index (χ0) is 13.9. The number of hydrogen-bond donors (Lipinski definition) is 2. The number of likely N-dealkylation sites (N-methyl/N-ethyl adjacent to an activating group) is 1. The van der Waals surface area contributed by atoms with Crippen molar-refractivity contribution in [2.24, 2.45) is 0 Å². The smallest absolute Gasteiger partial charge is 0.326 e. The fraction of sp³-hybridized carbons (Fsp3) is 0.385. The summed E-state index contributed by atoms with van der Waals surface area (Å²) in [7, 11) is 1.45. The third-order valence-corrected chi connectivity index (χ3v) is 3.00. The first-order valence-electron chi connectivity index (χ1n) is 5.68. The van der Waals surface area contributed by atoms with Crippen LogP contribution in [0.5, 0.6) is 5.75 Å². The maximum absolute atomic E-state index is 12.2. The molecule has 0 spiro atoms. The molecule has 18 heavy (non-hydrogen) atoms. The van der Waals surface area contributed by atoms with Crippen LogP contribution in [-0.4, -0.2) is 40.1 Å². The van der Waals surface area contributed by atoms with Gasteiger partial charge in [-0.1, -0.05) is 13.0 Å². The van der Waals surface area contributed by atoms with Crippen LogP contribution < -0.4 is 0 Å². The summed E-state index contributed by atoms with van der Waals surface area (Å²) in [5.74, 6) is -1.42. The lowest BCUT2D eigenvalue weighted by Crippen LogP contribution is -2.42. The Morgan fingerprint density at radius 2 is 2.00 bits per heavy atom. The molecule has 0 fully saturated rings. The maximum Gasteiger partial charge on any atom is 0.326 e. The third kappa shape index (κ3) is 2.61. The Bertz CT molecular complexity index is 470. The van der Waals surface area contributed by atoms with Crippen LogP contribution >= 0.6 is 0 Å². The Morgan fingerprint density at radius 1 is 1.39 bits per heavy atom. The first-order chi connectivity index (χ1) is 8.40. The first-order valence-corrected chi connectivity index (χ1v) is 5.68. The van der Waals surface area contributed by atoms with Crippen LogP contribution in [0.25, 0.3) is 0 Å². The summed E-state index contributed by atoms with van der Waals surface area (Å²) in [6.45, 7) is 3.33. The molecule has 1 unspecified atom stereocenters. The van der Waals surface area contributed by atoms with Crippen LogP contribution in [0.2, 0.25) is 0 Å².